The second-order valence-electron chi connectivity index (χ2n) is 18.1. The molecule has 4 bridgehead atoms. The topological polar surface area (TPSA) is 149 Å². The van der Waals surface area contributed by atoms with Crippen molar-refractivity contribution in [3.8, 4) is 17.0 Å². The minimum atomic E-state index is -3.85. The molecule has 3 aliphatic carbocycles. The Balaban J connectivity index is 1.17. The lowest BCUT2D eigenvalue weighted by Crippen LogP contribution is -2.47. The van der Waals surface area contributed by atoms with Crippen molar-refractivity contribution in [3.63, 3.8) is 0 Å². The summed E-state index contributed by atoms with van der Waals surface area (Å²) < 4.78 is 40.8. The van der Waals surface area contributed by atoms with Crippen LogP contribution in [0.15, 0.2) is 61.2 Å². The van der Waals surface area contributed by atoms with Crippen molar-refractivity contribution in [2.75, 3.05) is 13.2 Å². The molecule has 3 saturated carbocycles. The van der Waals surface area contributed by atoms with E-state index in [0.29, 0.717) is 18.6 Å². The van der Waals surface area contributed by atoms with Crippen LogP contribution in [0.1, 0.15) is 102 Å². The molecule has 1 aromatic heterocycles. The van der Waals surface area contributed by atoms with Gasteiger partial charge in [0, 0.05) is 29.9 Å². The molecule has 3 aromatic rings. The van der Waals surface area contributed by atoms with E-state index in [4.69, 9.17) is 14.5 Å². The third-order valence-corrected chi connectivity index (χ3v) is 15.5. The first-order valence-corrected chi connectivity index (χ1v) is 23.2. The molecule has 2 aromatic carbocycles. The average Bonchev–Trinajstić information content (AvgIpc) is 4.09. The van der Waals surface area contributed by atoms with Gasteiger partial charge in [-0.25, -0.2) is 13.4 Å². The normalized spacial score (nSPS) is 28.3. The predicted octanol–water partition coefficient (Wildman–Crippen LogP) is 7.42. The zero-order valence-corrected chi connectivity index (χ0v) is 35.1. The number of aromatic nitrogens is 1. The minimum Gasteiger partial charge on any atom is -0.488 e. The highest BCUT2D eigenvalue weighted by molar-refractivity contribution is 7.90. The number of aryl methyl sites for hydroxylation is 2. The van der Waals surface area contributed by atoms with Gasteiger partial charge < -0.3 is 14.4 Å². The molecule has 4 fully saturated rings. The minimum absolute atomic E-state index is 0.0325. The molecule has 3 heterocycles. The molecule has 59 heavy (non-hydrogen) atoms. The molecule has 6 atom stereocenters. The largest absolute Gasteiger partial charge is 0.488 e. The fourth-order valence-electron chi connectivity index (χ4n) is 9.83. The maximum atomic E-state index is 15.0. The predicted molar refractivity (Wildman–Crippen MR) is 225 cm³/mol. The Hall–Kier alpha value is -4.58. The summed E-state index contributed by atoms with van der Waals surface area (Å²) in [5.41, 5.74) is 3.51. The van der Waals surface area contributed by atoms with Crippen LogP contribution in [0.2, 0.25) is 0 Å². The number of amides is 2. The van der Waals surface area contributed by atoms with Gasteiger partial charge in [-0.05, 0) is 99.3 Å². The van der Waals surface area contributed by atoms with Crippen LogP contribution in [0.25, 0.3) is 22.2 Å². The van der Waals surface area contributed by atoms with Gasteiger partial charge in [-0.3, -0.25) is 23.9 Å². The summed E-state index contributed by atoms with van der Waals surface area (Å²) in [5, 5.41) is 0.254. The SMILES string of the molecule is C=C[C@@H]1C[C@]1(CC(=O)[C@@H]1C[C@@H]2CN1C(=O)[C@H](C1CCCC1)CC(=O)OCC(C)CCCCc1cc3c(cc(-c4ccccc4)nc3cc1C)O2)C(=O)NS(=O)(=O)C1CC1. The molecule has 1 unspecified atom stereocenters. The number of Topliss-reactive ketones (excluding diaryl/α,β-unsaturated/α-hetero) is 1. The Kier molecular flexibility index (Phi) is 11.7. The number of fused-ring (bicyclic) bond motifs is 3. The Labute approximate surface area is 347 Å². The fraction of sp³-hybridized carbons (Fsp3) is 0.553. The number of pyridine rings is 1. The first-order chi connectivity index (χ1) is 28.3. The fourth-order valence-corrected chi connectivity index (χ4v) is 11.2. The van der Waals surface area contributed by atoms with Crippen molar-refractivity contribution in [1.29, 1.82) is 0 Å². The van der Waals surface area contributed by atoms with E-state index in [1.165, 1.54) is 5.56 Å². The van der Waals surface area contributed by atoms with E-state index in [-0.39, 0.29) is 68.3 Å². The van der Waals surface area contributed by atoms with Crippen LogP contribution < -0.4 is 9.46 Å². The lowest BCUT2D eigenvalue weighted by atomic mass is 9.86. The molecule has 0 spiro atoms. The summed E-state index contributed by atoms with van der Waals surface area (Å²) in [6, 6.07) is 15.2. The lowest BCUT2D eigenvalue weighted by molar-refractivity contribution is -0.152. The molecule has 0 radical (unpaired) electrons. The number of allylic oxidation sites excluding steroid dienone is 1. The molecule has 2 amide bonds. The molecule has 314 valence electrons. The van der Waals surface area contributed by atoms with Gasteiger partial charge in [-0.15, -0.1) is 6.58 Å². The van der Waals surface area contributed by atoms with Crippen molar-refractivity contribution in [1.82, 2.24) is 14.6 Å². The number of sulfonamides is 1. The lowest BCUT2D eigenvalue weighted by Gasteiger charge is -2.31. The third-order valence-electron chi connectivity index (χ3n) is 13.7. The van der Waals surface area contributed by atoms with Gasteiger partial charge in [0.2, 0.25) is 21.8 Å². The zero-order chi connectivity index (χ0) is 41.5. The highest BCUT2D eigenvalue weighted by Crippen LogP contribution is 2.57. The maximum absolute atomic E-state index is 15.0. The molecule has 2 aliphatic heterocycles. The van der Waals surface area contributed by atoms with E-state index in [0.717, 1.165) is 79.1 Å². The smallest absolute Gasteiger partial charge is 0.306 e. The second kappa shape index (κ2) is 16.8. The van der Waals surface area contributed by atoms with Crippen molar-refractivity contribution in [2.45, 2.75) is 121 Å². The Morgan fingerprint density at radius 2 is 1.76 bits per heavy atom. The van der Waals surface area contributed by atoms with Crippen molar-refractivity contribution >= 4 is 44.5 Å². The summed E-state index contributed by atoms with van der Waals surface area (Å²) in [4.78, 5) is 63.7. The summed E-state index contributed by atoms with van der Waals surface area (Å²) in [5.74, 6) is -2.03. The maximum Gasteiger partial charge on any atom is 0.306 e. The number of esters is 1. The van der Waals surface area contributed by atoms with E-state index in [1.807, 2.05) is 36.4 Å². The quantitative estimate of drug-likeness (QED) is 0.172. The van der Waals surface area contributed by atoms with E-state index < -0.39 is 50.6 Å². The van der Waals surface area contributed by atoms with Gasteiger partial charge in [0.25, 0.3) is 0 Å². The van der Waals surface area contributed by atoms with Crippen molar-refractivity contribution in [3.05, 3.63) is 72.3 Å². The number of carbonyl (C=O) groups is 4. The van der Waals surface area contributed by atoms with E-state index in [2.05, 4.69) is 37.3 Å². The summed E-state index contributed by atoms with van der Waals surface area (Å²) >= 11 is 0. The summed E-state index contributed by atoms with van der Waals surface area (Å²) in [6.45, 7) is 8.45. The molecule has 12 heteroatoms. The van der Waals surface area contributed by atoms with Crippen LogP contribution in [0, 0.1) is 36.0 Å². The number of rotatable bonds is 9. The summed E-state index contributed by atoms with van der Waals surface area (Å²) in [7, 11) is -3.85. The Morgan fingerprint density at radius 1 is 1.02 bits per heavy atom. The molecule has 11 nitrogen and oxygen atoms in total. The standard InChI is InChI=1S/C47H57N3O8S/c1-4-34-25-47(34,46(54)49-59(55,56)36-18-19-36)26-42(51)41-22-35-27-50(41)45(53)37(31-13-10-11-14-31)23-44(52)57-28-29(2)12-8-9-17-33-21-38-40(20-30(33)3)48-39(24-43(38)58-35)32-15-6-5-7-16-32/h4-7,15-16,20-21,24,29,31,34-37,41H,1,8-14,17-19,22-23,25-28H2,2-3H3,(H,49,54)/t29?,34-,35-,37+,41+,47-/m1/s1. The van der Waals surface area contributed by atoms with Gasteiger partial charge in [0.15, 0.2) is 5.78 Å². The summed E-state index contributed by atoms with van der Waals surface area (Å²) in [6.07, 6.45) is 9.38. The van der Waals surface area contributed by atoms with Crippen molar-refractivity contribution < 1.29 is 37.1 Å². The third kappa shape index (κ3) is 8.84. The van der Waals surface area contributed by atoms with E-state index in [1.54, 1.807) is 11.0 Å². The number of cyclic esters (lactones) is 1. The second-order valence-corrected chi connectivity index (χ2v) is 20.0. The molecule has 8 rings (SSSR count). The molecular formula is C47H57N3O8S. The van der Waals surface area contributed by atoms with Gasteiger partial charge in [0.1, 0.15) is 11.9 Å². The molecule has 5 aliphatic rings. The first-order valence-electron chi connectivity index (χ1n) is 21.7. The first kappa shape index (κ1) is 41.2. The number of hydrogen-bond acceptors (Lipinski definition) is 9. The molecule has 1 N–H and O–H groups in total. The van der Waals surface area contributed by atoms with E-state index >= 15 is 0 Å². The number of hydrogen-bond donors (Lipinski definition) is 1. The number of nitrogens with zero attached hydrogens (tertiary/aromatic N) is 2. The van der Waals surface area contributed by atoms with Crippen molar-refractivity contribution in [2.24, 2.45) is 29.1 Å². The Bertz CT molecular complexity index is 2230. The monoisotopic (exact) mass is 823 g/mol. The highest BCUT2D eigenvalue weighted by Gasteiger charge is 2.61. The van der Waals surface area contributed by atoms with E-state index in [9.17, 15) is 27.6 Å². The number of ketones is 1. The van der Waals surface area contributed by atoms with Crippen LogP contribution in [-0.2, 0) is 40.4 Å². The van der Waals surface area contributed by atoms with Crippen LogP contribution >= 0.6 is 0 Å². The average molecular weight is 824 g/mol. The highest BCUT2D eigenvalue weighted by atomic mass is 32.2. The number of carbonyl (C=O) groups excluding carboxylic acids is 4. The van der Waals surface area contributed by atoms with Gasteiger partial charge in [-0.1, -0.05) is 62.6 Å². The Morgan fingerprint density at radius 3 is 2.47 bits per heavy atom. The number of ether oxygens (including phenoxy) is 2. The van der Waals surface area contributed by atoms with Gasteiger partial charge in [0.05, 0.1) is 53.4 Å². The van der Waals surface area contributed by atoms with Crippen LogP contribution in [-0.4, -0.2) is 72.4 Å². The van der Waals surface area contributed by atoms with Gasteiger partial charge >= 0.3 is 5.97 Å². The van der Waals surface area contributed by atoms with Crippen LogP contribution in [0.3, 0.4) is 0 Å². The van der Waals surface area contributed by atoms with Crippen LogP contribution in [0.4, 0.5) is 0 Å². The van der Waals surface area contributed by atoms with Gasteiger partial charge in [-0.2, -0.15) is 0 Å². The number of nitrogens with one attached hydrogen (secondary N) is 1. The zero-order valence-electron chi connectivity index (χ0n) is 34.3. The molecule has 1 saturated heterocycles. The molecular weight excluding hydrogens is 767 g/mol. The number of benzene rings is 2. The van der Waals surface area contributed by atoms with Crippen LogP contribution in [0.5, 0.6) is 5.75 Å².